The van der Waals surface area contributed by atoms with Crippen LogP contribution in [0.2, 0.25) is 0 Å². The minimum Gasteiger partial charge on any atom is -0.343 e. The molecule has 0 aliphatic rings. The Hall–Kier alpha value is -3.40. The van der Waals surface area contributed by atoms with E-state index in [4.69, 9.17) is 0 Å². The van der Waals surface area contributed by atoms with E-state index in [1.54, 1.807) is 0 Å². The molecule has 0 saturated heterocycles. The van der Waals surface area contributed by atoms with Gasteiger partial charge in [0.1, 0.15) is 4.87 Å². The number of unbranched alkanes of at least 4 members (excludes halogenated alkanes) is 1. The van der Waals surface area contributed by atoms with Crippen LogP contribution < -0.4 is 10.6 Å². The molecule has 0 saturated carbocycles. The summed E-state index contributed by atoms with van der Waals surface area (Å²) < 4.78 is 1.23. The molecule has 0 aromatic carbocycles. The third kappa shape index (κ3) is 9.69. The molecule has 36 heavy (non-hydrogen) atoms. The minimum atomic E-state index is -0.420. The Morgan fingerprint density at radius 1 is 1.14 bits per heavy atom. The number of carbonyl (C=O) groups excluding carboxylic acids is 2. The summed E-state index contributed by atoms with van der Waals surface area (Å²) in [4.78, 5) is 44.3. The van der Waals surface area contributed by atoms with Gasteiger partial charge in [0.05, 0.1) is 35.1 Å². The van der Waals surface area contributed by atoms with Crippen LogP contribution in [0, 0.1) is 4.91 Å². The lowest BCUT2D eigenvalue weighted by Gasteiger charge is -2.11. The average molecular weight is 514 g/mol. The van der Waals surface area contributed by atoms with Crippen LogP contribution in [0.15, 0.2) is 48.4 Å². The molecule has 0 fully saturated rings. The second-order valence-corrected chi connectivity index (χ2v) is 9.26. The summed E-state index contributed by atoms with van der Waals surface area (Å²) >= 11 is 1.39. The van der Waals surface area contributed by atoms with Crippen molar-refractivity contribution in [3.05, 3.63) is 70.1 Å². The zero-order chi connectivity index (χ0) is 26.3. The fourth-order valence-corrected chi connectivity index (χ4v) is 4.31. The Bertz CT molecular complexity index is 1100. The van der Waals surface area contributed by atoms with E-state index in [9.17, 15) is 14.5 Å². The number of hydrogen-bond acceptors (Lipinski definition) is 6. The van der Waals surface area contributed by atoms with Gasteiger partial charge in [-0.1, -0.05) is 44.7 Å². The van der Waals surface area contributed by atoms with Crippen LogP contribution in [-0.2, 0) is 11.2 Å². The van der Waals surface area contributed by atoms with Crippen molar-refractivity contribution >= 4 is 28.3 Å². The molecule has 3 aromatic rings. The topological polar surface area (TPSA) is 109 Å². The molecule has 3 aromatic heterocycles. The van der Waals surface area contributed by atoms with Crippen LogP contribution in [0.4, 0.5) is 5.13 Å². The molecule has 0 bridgehead atoms. The highest BCUT2D eigenvalue weighted by Gasteiger charge is 2.16. The van der Waals surface area contributed by atoms with E-state index in [1.807, 2.05) is 17.8 Å². The van der Waals surface area contributed by atoms with Gasteiger partial charge in [-0.05, 0) is 43.0 Å². The van der Waals surface area contributed by atoms with Gasteiger partial charge in [-0.25, -0.2) is 4.98 Å². The highest BCUT2D eigenvalue weighted by molar-refractivity contribution is 7.13. The number of hydrogen-bond donors (Lipinski definition) is 2. The highest BCUT2D eigenvalue weighted by Crippen LogP contribution is 2.28. The summed E-state index contributed by atoms with van der Waals surface area (Å²) in [5.41, 5.74) is 2.70. The van der Waals surface area contributed by atoms with E-state index in [0.717, 1.165) is 31.4 Å². The van der Waals surface area contributed by atoms with E-state index >= 15 is 0 Å². The first-order valence-corrected chi connectivity index (χ1v) is 13.3. The third-order valence-electron chi connectivity index (χ3n) is 5.55. The van der Waals surface area contributed by atoms with Crippen LogP contribution in [0.3, 0.4) is 0 Å². The van der Waals surface area contributed by atoms with Crippen LogP contribution in [-0.4, -0.2) is 44.9 Å². The normalized spacial score (nSPS) is 11.2. The summed E-state index contributed by atoms with van der Waals surface area (Å²) in [6, 6.07) is 5.63. The maximum atomic E-state index is 12.1. The number of anilines is 1. The summed E-state index contributed by atoms with van der Waals surface area (Å²) in [7, 11) is 1.32. The molecule has 1 unspecified atom stereocenters. The Balaban J connectivity index is 0.000000425. The molecule has 2 amide bonds. The third-order valence-corrected chi connectivity index (χ3v) is 6.32. The Labute approximate surface area is 216 Å². The Morgan fingerprint density at radius 2 is 1.89 bits per heavy atom. The van der Waals surface area contributed by atoms with Crippen LogP contribution >= 0.6 is 11.3 Å². The molecule has 3 rings (SSSR count). The number of amides is 2. The number of nitrogens with one attached hydrogen (secondary N) is 2. The smallest absolute Gasteiger partial charge is 0.253 e. The zero-order valence-corrected chi connectivity index (χ0v) is 22.4. The lowest BCUT2D eigenvalue weighted by atomic mass is 9.97. The molecular formula is C26H37N6O3S+. The van der Waals surface area contributed by atoms with E-state index < -0.39 is 5.91 Å². The molecular weight excluding hydrogens is 476 g/mol. The average Bonchev–Trinajstić information content (AvgIpc) is 3.55. The van der Waals surface area contributed by atoms with Crippen LogP contribution in [0.1, 0.15) is 80.4 Å². The fourth-order valence-electron chi connectivity index (χ4n) is 3.50. The number of aryl methyl sites for hydroxylation is 1. The van der Waals surface area contributed by atoms with E-state index in [1.165, 1.54) is 59.9 Å². The van der Waals surface area contributed by atoms with Gasteiger partial charge >= 0.3 is 0 Å². The molecule has 0 spiro atoms. The molecule has 1 atom stereocenters. The van der Waals surface area contributed by atoms with Crippen molar-refractivity contribution < 1.29 is 14.5 Å². The van der Waals surface area contributed by atoms with Gasteiger partial charge < -0.3 is 10.6 Å². The van der Waals surface area contributed by atoms with Gasteiger partial charge in [-0.15, -0.1) is 11.3 Å². The second-order valence-electron chi connectivity index (χ2n) is 8.41. The lowest BCUT2D eigenvalue weighted by molar-refractivity contribution is -0.578. The summed E-state index contributed by atoms with van der Waals surface area (Å²) in [5.74, 6) is -0.350. The molecule has 0 radical (unpaired) electrons. The van der Waals surface area contributed by atoms with Gasteiger partial charge in [-0.3, -0.25) is 14.6 Å². The van der Waals surface area contributed by atoms with E-state index in [0.29, 0.717) is 21.5 Å². The monoisotopic (exact) mass is 513 g/mol. The number of nitroso groups, excluding NO2 is 1. The summed E-state index contributed by atoms with van der Waals surface area (Å²) in [5, 5.41) is 7.78. The predicted octanol–water partition coefficient (Wildman–Crippen LogP) is 5.20. The number of rotatable bonds is 12. The summed E-state index contributed by atoms with van der Waals surface area (Å²) in [6.45, 7) is 6.33. The van der Waals surface area contributed by atoms with Crippen LogP contribution in [0.25, 0.3) is 0 Å². The van der Waals surface area contributed by atoms with Gasteiger partial charge in [0.15, 0.2) is 5.13 Å². The number of carbonyl (C=O) groups is 2. The van der Waals surface area contributed by atoms with Gasteiger partial charge in [0.2, 0.25) is 13.0 Å². The van der Waals surface area contributed by atoms with Crippen molar-refractivity contribution in [1.29, 1.82) is 0 Å². The number of pyridine rings is 1. The minimum absolute atomic E-state index is 0.167. The van der Waals surface area contributed by atoms with Crippen molar-refractivity contribution in [2.24, 2.45) is 0 Å². The van der Waals surface area contributed by atoms with Crippen molar-refractivity contribution in [2.45, 2.75) is 65.2 Å². The van der Waals surface area contributed by atoms with Crippen molar-refractivity contribution in [2.75, 3.05) is 18.9 Å². The van der Waals surface area contributed by atoms with Gasteiger partial charge in [0.25, 0.3) is 5.91 Å². The Morgan fingerprint density at radius 3 is 2.50 bits per heavy atom. The van der Waals surface area contributed by atoms with E-state index in [-0.39, 0.29) is 12.5 Å². The summed E-state index contributed by atoms with van der Waals surface area (Å²) in [6.07, 6.45) is 13.4. The molecule has 0 aliphatic carbocycles. The van der Waals surface area contributed by atoms with E-state index in [2.05, 4.69) is 53.5 Å². The van der Waals surface area contributed by atoms with Crippen LogP contribution in [0.5, 0.6) is 0 Å². The quantitative estimate of drug-likeness (QED) is 0.324. The predicted molar refractivity (Wildman–Crippen MR) is 143 cm³/mol. The highest BCUT2D eigenvalue weighted by atomic mass is 32.1. The van der Waals surface area contributed by atoms with Crippen molar-refractivity contribution in [3.8, 4) is 0 Å². The Kier molecular flexibility index (Phi) is 12.5. The molecule has 194 valence electrons. The zero-order valence-electron chi connectivity index (χ0n) is 21.6. The first-order valence-electron chi connectivity index (χ1n) is 12.4. The molecule has 2 N–H and O–H groups in total. The maximum absolute atomic E-state index is 12.1. The first kappa shape index (κ1) is 28.8. The largest absolute Gasteiger partial charge is 0.343 e. The molecule has 3 heterocycles. The second kappa shape index (κ2) is 15.6. The van der Waals surface area contributed by atoms with Gasteiger partial charge in [-0.2, -0.15) is 0 Å². The lowest BCUT2D eigenvalue weighted by Crippen LogP contribution is -2.32. The molecule has 10 heteroatoms. The molecule has 0 aliphatic heterocycles. The number of thiazole rings is 1. The molecule has 9 nitrogen and oxygen atoms in total. The SMILES string of the molecule is CCCCC(CC)c1csc(NC(=O)CNC(=O)c2ccn([N+](C)=O)c2)n1.CCCc1ccncc1. The fraction of sp³-hybridized carbons (Fsp3) is 0.462. The maximum Gasteiger partial charge on any atom is 0.253 e. The van der Waals surface area contributed by atoms with Crippen molar-refractivity contribution in [1.82, 2.24) is 20.0 Å². The number of nitrogens with zero attached hydrogens (tertiary/aromatic N) is 4. The standard InChI is InChI=1S/C18H25N5O3S.C8H11N/c1-4-6-7-13(5-2)15-12-27-18(20-15)21-16(24)10-19-17(25)14-8-9-23(11-14)22(3)26;1-2-3-8-4-6-9-7-5-8/h8-9,11-13H,4-7,10H2,1-3H3,(H-,19,20,21,24,25);4-7H,2-3H2,1H3/p+1. The van der Waals surface area contributed by atoms with Gasteiger partial charge in [0, 0.05) is 23.7 Å². The first-order chi connectivity index (χ1) is 17.4. The van der Waals surface area contributed by atoms with Crippen molar-refractivity contribution in [3.63, 3.8) is 0 Å². The number of aromatic nitrogens is 3.